The molecular formula is C18H16F6N. The largest absolute Gasteiger partial charge is 0.417 e. The Labute approximate surface area is 141 Å². The molecule has 7 heteroatoms. The summed E-state index contributed by atoms with van der Waals surface area (Å²) < 4.78 is 79.3. The summed E-state index contributed by atoms with van der Waals surface area (Å²) in [7, 11) is 0. The summed E-state index contributed by atoms with van der Waals surface area (Å²) in [6.07, 6.45) is -9.99. The highest BCUT2D eigenvalue weighted by molar-refractivity contribution is 5.70. The molecule has 2 aromatic carbocycles. The molecule has 135 valence electrons. The summed E-state index contributed by atoms with van der Waals surface area (Å²) in [5.74, 6) is 0. The first-order valence-electron chi connectivity index (χ1n) is 7.30. The minimum absolute atomic E-state index is 0.0418. The molecule has 0 amide bonds. The van der Waals surface area contributed by atoms with Crippen LogP contribution in [0.2, 0.25) is 0 Å². The van der Waals surface area contributed by atoms with Crippen molar-refractivity contribution in [3.05, 3.63) is 66.1 Å². The van der Waals surface area contributed by atoms with Crippen LogP contribution in [0.4, 0.5) is 26.3 Å². The number of alkyl halides is 6. The third kappa shape index (κ3) is 4.75. The fraction of sp³-hybridized carbons (Fsp3) is 0.278. The van der Waals surface area contributed by atoms with Crippen LogP contribution >= 0.6 is 0 Å². The van der Waals surface area contributed by atoms with Crippen LogP contribution in [-0.2, 0) is 18.8 Å². The van der Waals surface area contributed by atoms with Gasteiger partial charge in [0, 0.05) is 5.54 Å². The van der Waals surface area contributed by atoms with Gasteiger partial charge in [0.05, 0.1) is 11.1 Å². The van der Waals surface area contributed by atoms with Gasteiger partial charge in [-0.3, -0.25) is 0 Å². The van der Waals surface area contributed by atoms with E-state index in [1.54, 1.807) is 13.0 Å². The first kappa shape index (κ1) is 19.3. The first-order chi connectivity index (χ1) is 11.3. The zero-order valence-electron chi connectivity index (χ0n) is 13.3. The molecule has 1 radical (unpaired) electrons. The molecular weight excluding hydrogens is 344 g/mol. The number of hydrogen-bond acceptors (Lipinski definition) is 1. The van der Waals surface area contributed by atoms with E-state index in [2.05, 4.69) is 6.92 Å². The van der Waals surface area contributed by atoms with Gasteiger partial charge in [0.15, 0.2) is 0 Å². The van der Waals surface area contributed by atoms with Crippen LogP contribution in [0.1, 0.15) is 23.6 Å². The summed E-state index contributed by atoms with van der Waals surface area (Å²) in [6.45, 7) is 5.36. The Bertz CT molecular complexity index is 753. The predicted molar refractivity (Wildman–Crippen MR) is 83.5 cm³/mol. The zero-order valence-corrected chi connectivity index (χ0v) is 13.3. The molecule has 0 saturated heterocycles. The number of benzene rings is 2. The lowest BCUT2D eigenvalue weighted by Gasteiger charge is -2.21. The summed E-state index contributed by atoms with van der Waals surface area (Å²) in [4.78, 5) is 0. The maximum absolute atomic E-state index is 13.4. The maximum Gasteiger partial charge on any atom is 0.417 e. The van der Waals surface area contributed by atoms with Crippen molar-refractivity contribution in [3.63, 3.8) is 0 Å². The van der Waals surface area contributed by atoms with Gasteiger partial charge in [-0.05, 0) is 43.0 Å². The minimum atomic E-state index is -5.15. The van der Waals surface area contributed by atoms with Gasteiger partial charge in [0.25, 0.3) is 0 Å². The molecule has 0 fully saturated rings. The summed E-state index contributed by atoms with van der Waals surface area (Å²) in [5.41, 5.74) is 1.66. The molecule has 0 aliphatic rings. The van der Waals surface area contributed by atoms with Crippen molar-refractivity contribution in [1.82, 2.24) is 0 Å². The molecule has 0 saturated carbocycles. The first-order valence-corrected chi connectivity index (χ1v) is 7.30. The van der Waals surface area contributed by atoms with E-state index >= 15 is 0 Å². The third-order valence-electron chi connectivity index (χ3n) is 3.50. The number of nitrogens with two attached hydrogens (primary N) is 1. The van der Waals surface area contributed by atoms with E-state index in [1.165, 1.54) is 18.2 Å². The van der Waals surface area contributed by atoms with Gasteiger partial charge in [-0.25, -0.2) is 0 Å². The van der Waals surface area contributed by atoms with Gasteiger partial charge < -0.3 is 5.73 Å². The molecule has 0 aliphatic heterocycles. The van der Waals surface area contributed by atoms with Crippen LogP contribution in [0, 0.1) is 6.92 Å². The molecule has 1 unspecified atom stereocenters. The SMILES string of the molecule is [CH2]C(C)(N)Cc1cccc(-c2cccc(C(F)(F)F)c2C(F)(F)F)c1. The number of halogens is 6. The molecule has 1 atom stereocenters. The number of rotatable bonds is 3. The Kier molecular flexibility index (Phi) is 4.92. The molecule has 2 rings (SSSR count). The van der Waals surface area contributed by atoms with Gasteiger partial charge >= 0.3 is 12.4 Å². The molecule has 0 aromatic heterocycles. The third-order valence-corrected chi connectivity index (χ3v) is 3.50. The Balaban J connectivity index is 2.66. The van der Waals surface area contributed by atoms with Gasteiger partial charge in [-0.2, -0.15) is 26.3 Å². The fourth-order valence-corrected chi connectivity index (χ4v) is 2.65. The lowest BCUT2D eigenvalue weighted by atomic mass is 9.91. The van der Waals surface area contributed by atoms with E-state index in [4.69, 9.17) is 5.73 Å². The van der Waals surface area contributed by atoms with Crippen LogP contribution in [-0.4, -0.2) is 5.54 Å². The minimum Gasteiger partial charge on any atom is -0.325 e. The number of hydrogen-bond donors (Lipinski definition) is 1. The van der Waals surface area contributed by atoms with Crippen molar-refractivity contribution < 1.29 is 26.3 Å². The normalized spacial score (nSPS) is 13.2. The fourth-order valence-electron chi connectivity index (χ4n) is 2.65. The topological polar surface area (TPSA) is 26.0 Å². The Morgan fingerprint density at radius 1 is 0.920 bits per heavy atom. The Morgan fingerprint density at radius 3 is 2.04 bits per heavy atom. The molecule has 2 N–H and O–H groups in total. The molecule has 0 aliphatic carbocycles. The van der Waals surface area contributed by atoms with E-state index < -0.39 is 34.6 Å². The highest BCUT2D eigenvalue weighted by Crippen LogP contribution is 2.45. The van der Waals surface area contributed by atoms with Crippen molar-refractivity contribution in [3.8, 4) is 11.1 Å². The molecule has 1 nitrogen and oxygen atoms in total. The summed E-state index contributed by atoms with van der Waals surface area (Å²) in [5, 5.41) is 0. The van der Waals surface area contributed by atoms with Crippen LogP contribution < -0.4 is 5.73 Å². The monoisotopic (exact) mass is 360 g/mol. The molecule has 0 bridgehead atoms. The second kappa shape index (κ2) is 6.37. The molecule has 2 aromatic rings. The summed E-state index contributed by atoms with van der Waals surface area (Å²) >= 11 is 0. The van der Waals surface area contributed by atoms with E-state index in [-0.39, 0.29) is 12.0 Å². The maximum atomic E-state index is 13.4. The van der Waals surface area contributed by atoms with Gasteiger partial charge in [-0.1, -0.05) is 36.4 Å². The second-order valence-electron chi connectivity index (χ2n) is 6.25. The van der Waals surface area contributed by atoms with E-state index in [0.717, 1.165) is 12.1 Å². The van der Waals surface area contributed by atoms with Gasteiger partial charge in [0.1, 0.15) is 0 Å². The smallest absolute Gasteiger partial charge is 0.325 e. The zero-order chi connectivity index (χ0) is 19.0. The standard InChI is InChI=1S/C18H16F6N/c1-16(2,25)10-11-5-3-6-12(9-11)13-7-4-8-14(17(19,20)21)15(13)18(22,23)24/h3-9H,1,10,25H2,2H3. The highest BCUT2D eigenvalue weighted by atomic mass is 19.4. The molecule has 0 heterocycles. The van der Waals surface area contributed by atoms with Crippen LogP contribution in [0.25, 0.3) is 11.1 Å². The highest BCUT2D eigenvalue weighted by Gasteiger charge is 2.44. The summed E-state index contributed by atoms with van der Waals surface area (Å²) in [6, 6.07) is 8.30. The van der Waals surface area contributed by atoms with E-state index in [0.29, 0.717) is 11.6 Å². The van der Waals surface area contributed by atoms with Crippen LogP contribution in [0.3, 0.4) is 0 Å². The lowest BCUT2D eigenvalue weighted by Crippen LogP contribution is -2.34. The van der Waals surface area contributed by atoms with Gasteiger partial charge in [0.2, 0.25) is 0 Å². The van der Waals surface area contributed by atoms with E-state index in [1.807, 2.05) is 0 Å². The van der Waals surface area contributed by atoms with Crippen molar-refractivity contribution in [2.45, 2.75) is 31.2 Å². The van der Waals surface area contributed by atoms with Crippen molar-refractivity contribution in [1.29, 1.82) is 0 Å². The molecule has 0 spiro atoms. The second-order valence-corrected chi connectivity index (χ2v) is 6.25. The van der Waals surface area contributed by atoms with Crippen LogP contribution in [0.15, 0.2) is 42.5 Å². The quantitative estimate of drug-likeness (QED) is 0.720. The Hall–Kier alpha value is -2.02. The van der Waals surface area contributed by atoms with Crippen LogP contribution in [0.5, 0.6) is 0 Å². The average molecular weight is 360 g/mol. The lowest BCUT2D eigenvalue weighted by molar-refractivity contribution is -0.161. The average Bonchev–Trinajstić information content (AvgIpc) is 2.43. The van der Waals surface area contributed by atoms with Gasteiger partial charge in [-0.15, -0.1) is 0 Å². The Morgan fingerprint density at radius 2 is 1.52 bits per heavy atom. The van der Waals surface area contributed by atoms with Crippen molar-refractivity contribution in [2.24, 2.45) is 5.73 Å². The molecule has 25 heavy (non-hydrogen) atoms. The van der Waals surface area contributed by atoms with E-state index in [9.17, 15) is 26.3 Å². The van der Waals surface area contributed by atoms with Crippen molar-refractivity contribution >= 4 is 0 Å². The predicted octanol–water partition coefficient (Wildman–Crippen LogP) is 5.49. The van der Waals surface area contributed by atoms with Crippen molar-refractivity contribution in [2.75, 3.05) is 0 Å².